The van der Waals surface area contributed by atoms with Crippen molar-refractivity contribution in [3.05, 3.63) is 23.8 Å². The number of ketones is 1. The maximum Gasteiger partial charge on any atom is 0.155 e. The summed E-state index contributed by atoms with van der Waals surface area (Å²) < 4.78 is 0. The Hall–Kier alpha value is -0.890. The summed E-state index contributed by atoms with van der Waals surface area (Å²) >= 11 is 0. The van der Waals surface area contributed by atoms with Gasteiger partial charge in [0.2, 0.25) is 0 Å². The fourth-order valence-corrected chi connectivity index (χ4v) is 5.67. The Morgan fingerprint density at radius 2 is 2.05 bits per heavy atom. The Labute approximate surface area is 120 Å². The van der Waals surface area contributed by atoms with E-state index >= 15 is 0 Å². The van der Waals surface area contributed by atoms with Crippen molar-refractivity contribution in [3.8, 4) is 0 Å². The van der Waals surface area contributed by atoms with Crippen LogP contribution in [0.25, 0.3) is 0 Å². The zero-order chi connectivity index (χ0) is 14.0. The van der Waals surface area contributed by atoms with E-state index in [4.69, 9.17) is 0 Å². The zero-order valence-corrected chi connectivity index (χ0v) is 12.3. The number of rotatable bonds is 0. The van der Waals surface area contributed by atoms with Crippen molar-refractivity contribution >= 4 is 5.78 Å². The van der Waals surface area contributed by atoms with Crippen molar-refractivity contribution in [1.29, 1.82) is 0 Å². The molecule has 2 nitrogen and oxygen atoms in total. The standard InChI is InChI=1S/C18H24O2/c1-17-8-2-3-15(17)14-5-4-12-11-13(19)6-10-18(12,20)16(14)7-9-17/h2,8,11,14-16,20H,3-7,9-10H2,1H3/t14-,15-,16-,17-,18+/m0/s1. The van der Waals surface area contributed by atoms with Gasteiger partial charge in [-0.1, -0.05) is 19.1 Å². The minimum atomic E-state index is -0.666. The van der Waals surface area contributed by atoms with E-state index in [0.717, 1.165) is 24.8 Å². The van der Waals surface area contributed by atoms with Crippen LogP contribution >= 0.6 is 0 Å². The quantitative estimate of drug-likeness (QED) is 0.686. The highest BCUT2D eigenvalue weighted by molar-refractivity contribution is 5.92. The van der Waals surface area contributed by atoms with Gasteiger partial charge in [0.05, 0.1) is 5.60 Å². The highest BCUT2D eigenvalue weighted by Crippen LogP contribution is 2.60. The lowest BCUT2D eigenvalue weighted by atomic mass is 9.51. The zero-order valence-electron chi connectivity index (χ0n) is 12.3. The van der Waals surface area contributed by atoms with Gasteiger partial charge in [0.1, 0.15) is 0 Å². The molecule has 2 saturated carbocycles. The van der Waals surface area contributed by atoms with E-state index in [1.165, 1.54) is 12.8 Å². The van der Waals surface area contributed by atoms with Gasteiger partial charge in [-0.2, -0.15) is 0 Å². The molecule has 0 bridgehead atoms. The van der Waals surface area contributed by atoms with Crippen molar-refractivity contribution < 1.29 is 9.90 Å². The molecule has 0 radical (unpaired) electrons. The van der Waals surface area contributed by atoms with E-state index in [1.807, 2.05) is 0 Å². The average molecular weight is 272 g/mol. The number of carbonyl (C=O) groups excluding carboxylic acids is 1. The van der Waals surface area contributed by atoms with Crippen LogP contribution in [0.4, 0.5) is 0 Å². The van der Waals surface area contributed by atoms with Gasteiger partial charge >= 0.3 is 0 Å². The Bertz CT molecular complexity index is 518. The van der Waals surface area contributed by atoms with Gasteiger partial charge in [-0.15, -0.1) is 0 Å². The first kappa shape index (κ1) is 12.8. The second kappa shape index (κ2) is 4.07. The smallest absolute Gasteiger partial charge is 0.155 e. The molecule has 0 amide bonds. The summed E-state index contributed by atoms with van der Waals surface area (Å²) in [6.07, 6.45) is 13.3. The molecule has 0 unspecified atom stereocenters. The molecule has 2 heteroatoms. The minimum Gasteiger partial charge on any atom is -0.385 e. The molecule has 0 aromatic carbocycles. The van der Waals surface area contributed by atoms with Crippen molar-refractivity contribution in [2.75, 3.05) is 0 Å². The predicted molar refractivity (Wildman–Crippen MR) is 78.1 cm³/mol. The summed E-state index contributed by atoms with van der Waals surface area (Å²) in [5.41, 5.74) is 0.744. The van der Waals surface area contributed by atoms with Crippen LogP contribution in [-0.4, -0.2) is 16.5 Å². The van der Waals surface area contributed by atoms with Gasteiger partial charge in [0.25, 0.3) is 0 Å². The molecule has 4 rings (SSSR count). The lowest BCUT2D eigenvalue weighted by molar-refractivity contribution is -0.123. The SMILES string of the molecule is C[C@@]12C=CC[C@H]1[C@@H]1CCC3=CC(=O)CC[C@]3(O)[C@H]1CC2. The molecule has 0 aromatic rings. The number of allylic oxidation sites excluding steroid dienone is 3. The Kier molecular flexibility index (Phi) is 2.61. The topological polar surface area (TPSA) is 37.3 Å². The largest absolute Gasteiger partial charge is 0.385 e. The van der Waals surface area contributed by atoms with Gasteiger partial charge < -0.3 is 5.11 Å². The van der Waals surface area contributed by atoms with Gasteiger partial charge in [-0.3, -0.25) is 4.79 Å². The van der Waals surface area contributed by atoms with E-state index in [0.29, 0.717) is 36.0 Å². The second-order valence-electron chi connectivity index (χ2n) is 7.66. The molecule has 108 valence electrons. The van der Waals surface area contributed by atoms with E-state index in [-0.39, 0.29) is 5.78 Å². The van der Waals surface area contributed by atoms with Crippen LogP contribution in [0.2, 0.25) is 0 Å². The summed E-state index contributed by atoms with van der Waals surface area (Å²) in [4.78, 5) is 11.7. The van der Waals surface area contributed by atoms with Crippen LogP contribution in [0, 0.1) is 23.2 Å². The number of hydrogen-bond donors (Lipinski definition) is 1. The first-order valence-electron chi connectivity index (χ1n) is 8.17. The highest BCUT2D eigenvalue weighted by atomic mass is 16.3. The van der Waals surface area contributed by atoms with Crippen LogP contribution in [0.1, 0.15) is 51.9 Å². The van der Waals surface area contributed by atoms with Crippen LogP contribution < -0.4 is 0 Å². The number of hydrogen-bond acceptors (Lipinski definition) is 2. The summed E-state index contributed by atoms with van der Waals surface area (Å²) in [5, 5.41) is 11.3. The third-order valence-electron chi connectivity index (χ3n) is 6.77. The molecule has 20 heavy (non-hydrogen) atoms. The minimum absolute atomic E-state index is 0.214. The lowest BCUT2D eigenvalue weighted by Crippen LogP contribution is -2.54. The van der Waals surface area contributed by atoms with Crippen LogP contribution in [0.15, 0.2) is 23.8 Å². The highest BCUT2D eigenvalue weighted by Gasteiger charge is 2.56. The first-order chi connectivity index (χ1) is 9.53. The summed E-state index contributed by atoms with van der Waals surface area (Å²) in [7, 11) is 0. The third-order valence-corrected chi connectivity index (χ3v) is 6.77. The summed E-state index contributed by atoms with van der Waals surface area (Å²) in [6, 6.07) is 0. The molecule has 2 fully saturated rings. The third kappa shape index (κ3) is 1.57. The van der Waals surface area contributed by atoms with Crippen LogP contribution in [-0.2, 0) is 4.79 Å². The number of carbonyl (C=O) groups is 1. The lowest BCUT2D eigenvalue weighted by Gasteiger charge is -2.56. The molecule has 0 heterocycles. The van der Waals surface area contributed by atoms with E-state index in [2.05, 4.69) is 19.1 Å². The van der Waals surface area contributed by atoms with E-state index in [9.17, 15) is 9.90 Å². The van der Waals surface area contributed by atoms with Crippen LogP contribution in [0.5, 0.6) is 0 Å². The molecule has 1 N–H and O–H groups in total. The molecular formula is C18H24O2. The maximum absolute atomic E-state index is 11.7. The molecule has 4 aliphatic rings. The monoisotopic (exact) mass is 272 g/mol. The Morgan fingerprint density at radius 3 is 2.90 bits per heavy atom. The molecule has 0 spiro atoms. The van der Waals surface area contributed by atoms with Crippen molar-refractivity contribution in [1.82, 2.24) is 0 Å². The predicted octanol–water partition coefficient (Wildman–Crippen LogP) is 3.41. The molecule has 0 saturated heterocycles. The van der Waals surface area contributed by atoms with E-state index in [1.54, 1.807) is 6.08 Å². The molecule has 0 aromatic heterocycles. The van der Waals surface area contributed by atoms with Crippen LogP contribution in [0.3, 0.4) is 0 Å². The molecule has 5 atom stereocenters. The number of aliphatic hydroxyl groups is 1. The normalized spacial score (nSPS) is 50.2. The summed E-state index contributed by atoms with van der Waals surface area (Å²) in [5.74, 6) is 1.95. The van der Waals surface area contributed by atoms with Crippen molar-refractivity contribution in [2.45, 2.75) is 57.5 Å². The second-order valence-corrected chi connectivity index (χ2v) is 7.66. The molecular weight excluding hydrogens is 248 g/mol. The van der Waals surface area contributed by atoms with E-state index < -0.39 is 5.60 Å². The molecule has 0 aliphatic heterocycles. The van der Waals surface area contributed by atoms with Gasteiger partial charge in [0.15, 0.2) is 5.78 Å². The Morgan fingerprint density at radius 1 is 1.20 bits per heavy atom. The van der Waals surface area contributed by atoms with Crippen molar-refractivity contribution in [3.63, 3.8) is 0 Å². The van der Waals surface area contributed by atoms with Crippen molar-refractivity contribution in [2.24, 2.45) is 23.2 Å². The molecule has 4 aliphatic carbocycles. The number of fused-ring (bicyclic) bond motifs is 5. The van der Waals surface area contributed by atoms with Gasteiger partial charge in [0, 0.05) is 6.42 Å². The fourth-order valence-electron chi connectivity index (χ4n) is 5.67. The summed E-state index contributed by atoms with van der Waals surface area (Å²) in [6.45, 7) is 2.40. The fraction of sp³-hybridized carbons (Fsp3) is 0.722. The van der Waals surface area contributed by atoms with Gasteiger partial charge in [-0.05, 0) is 73.3 Å². The van der Waals surface area contributed by atoms with Gasteiger partial charge in [-0.25, -0.2) is 0 Å². The first-order valence-corrected chi connectivity index (χ1v) is 8.17. The average Bonchev–Trinajstić information content (AvgIpc) is 2.81. The Balaban J connectivity index is 1.70. The maximum atomic E-state index is 11.7.